The van der Waals surface area contributed by atoms with Gasteiger partial charge in [-0.2, -0.15) is 8.42 Å². The maximum atomic E-state index is 11.2. The molecule has 162 valence electrons. The van der Waals surface area contributed by atoms with E-state index in [0.717, 1.165) is 29.4 Å². The van der Waals surface area contributed by atoms with Gasteiger partial charge in [0.1, 0.15) is 0 Å². The molecule has 0 aliphatic carbocycles. The Morgan fingerprint density at radius 1 is 0.724 bits per heavy atom. The molecule has 0 saturated heterocycles. The zero-order valence-corrected chi connectivity index (χ0v) is 18.6. The molecule has 0 atom stereocenters. The molecule has 0 aliphatic rings. The molecule has 0 heterocycles. The third kappa shape index (κ3) is 9.18. The van der Waals surface area contributed by atoms with Crippen LogP contribution in [0, 0.1) is 0 Å². The van der Waals surface area contributed by atoms with Gasteiger partial charge in [0.2, 0.25) is 0 Å². The van der Waals surface area contributed by atoms with Crippen LogP contribution in [-0.2, 0) is 10.1 Å². The van der Waals surface area contributed by atoms with Crippen LogP contribution >= 0.6 is 0 Å². The first-order valence-electron chi connectivity index (χ1n) is 11.3. The van der Waals surface area contributed by atoms with Gasteiger partial charge in [-0.15, -0.1) is 0 Å². The molecule has 0 amide bonds. The average molecular weight is 420 g/mol. The molecule has 29 heavy (non-hydrogen) atoms. The molecule has 2 N–H and O–H groups in total. The molecule has 0 saturated carbocycles. The topological polar surface area (TPSA) is 66.4 Å². The quantitative estimate of drug-likeness (QED) is 0.237. The maximum Gasteiger partial charge on any atom is 0.294 e. The summed E-state index contributed by atoms with van der Waals surface area (Å²) in [6.07, 6.45) is 16.2. The van der Waals surface area contributed by atoms with Gasteiger partial charge in [0.25, 0.3) is 10.1 Å². The van der Waals surface area contributed by atoms with Crippen LogP contribution in [0.5, 0.6) is 0 Å². The lowest BCUT2D eigenvalue weighted by molar-refractivity contribution is 0.483. The lowest BCUT2D eigenvalue weighted by atomic mass is 10.1. The number of hydrogen-bond acceptors (Lipinski definition) is 3. The monoisotopic (exact) mass is 419 g/mol. The summed E-state index contributed by atoms with van der Waals surface area (Å²) in [6, 6.07) is 10.5. The summed E-state index contributed by atoms with van der Waals surface area (Å²) in [7, 11) is -4.16. The highest BCUT2D eigenvalue weighted by Gasteiger charge is 2.09. The zero-order chi connectivity index (χ0) is 21.0. The van der Waals surface area contributed by atoms with E-state index in [4.69, 9.17) is 4.55 Å². The molecular formula is C24H37NO3S. The molecule has 5 heteroatoms. The summed E-state index contributed by atoms with van der Waals surface area (Å²) in [5.74, 6) is 0. The third-order valence-corrected chi connectivity index (χ3v) is 6.32. The molecule has 2 rings (SSSR count). The highest BCUT2D eigenvalue weighted by Crippen LogP contribution is 2.22. The molecule has 0 spiro atoms. The largest absolute Gasteiger partial charge is 0.385 e. The second-order valence-electron chi connectivity index (χ2n) is 8.01. The number of fused-ring (bicyclic) bond motifs is 1. The summed E-state index contributed by atoms with van der Waals surface area (Å²) in [5, 5.41) is 5.21. The molecule has 4 nitrogen and oxygen atoms in total. The van der Waals surface area contributed by atoms with Crippen LogP contribution in [0.2, 0.25) is 0 Å². The van der Waals surface area contributed by atoms with E-state index in [1.807, 2.05) is 18.2 Å². The van der Waals surface area contributed by atoms with Crippen molar-refractivity contribution in [3.8, 4) is 0 Å². The third-order valence-electron chi connectivity index (χ3n) is 5.47. The van der Waals surface area contributed by atoms with Gasteiger partial charge in [0.15, 0.2) is 0 Å². The van der Waals surface area contributed by atoms with Crippen LogP contribution in [0.3, 0.4) is 0 Å². The smallest absolute Gasteiger partial charge is 0.294 e. The highest BCUT2D eigenvalue weighted by atomic mass is 32.2. The van der Waals surface area contributed by atoms with Crippen molar-refractivity contribution in [2.45, 2.75) is 88.9 Å². The van der Waals surface area contributed by atoms with Gasteiger partial charge in [0.05, 0.1) is 4.90 Å². The molecule has 0 bridgehead atoms. The number of rotatable bonds is 15. The van der Waals surface area contributed by atoms with Gasteiger partial charge in [-0.25, -0.2) is 0 Å². The average Bonchev–Trinajstić information content (AvgIpc) is 2.70. The molecule has 2 aromatic carbocycles. The molecular weight excluding hydrogens is 382 g/mol. The van der Waals surface area contributed by atoms with Crippen molar-refractivity contribution in [2.24, 2.45) is 0 Å². The van der Waals surface area contributed by atoms with Crippen molar-refractivity contribution in [2.75, 3.05) is 11.9 Å². The molecule has 2 aromatic rings. The first-order valence-corrected chi connectivity index (χ1v) is 12.7. The fraction of sp³-hybridized carbons (Fsp3) is 0.583. The molecule has 0 radical (unpaired) electrons. The van der Waals surface area contributed by atoms with Crippen LogP contribution in [0.1, 0.15) is 84.0 Å². The SMILES string of the molecule is CCCCCCCCCCCCCCNc1ccc2cc(S(=O)(=O)O)ccc2c1. The van der Waals surface area contributed by atoms with E-state index in [2.05, 4.69) is 12.2 Å². The number of anilines is 1. The van der Waals surface area contributed by atoms with Gasteiger partial charge in [-0.05, 0) is 41.5 Å². The van der Waals surface area contributed by atoms with E-state index in [-0.39, 0.29) is 4.90 Å². The second-order valence-corrected chi connectivity index (χ2v) is 9.44. The minimum atomic E-state index is -4.16. The fourth-order valence-corrected chi connectivity index (χ4v) is 4.21. The Bertz CT molecular complexity index is 833. The van der Waals surface area contributed by atoms with E-state index in [0.29, 0.717) is 0 Å². The molecule has 0 aromatic heterocycles. The maximum absolute atomic E-state index is 11.2. The van der Waals surface area contributed by atoms with Crippen LogP contribution in [0.4, 0.5) is 5.69 Å². The summed E-state index contributed by atoms with van der Waals surface area (Å²) < 4.78 is 31.6. The Kier molecular flexibility index (Phi) is 10.5. The van der Waals surface area contributed by atoms with Gasteiger partial charge >= 0.3 is 0 Å². The van der Waals surface area contributed by atoms with Crippen molar-refractivity contribution >= 4 is 26.6 Å². The van der Waals surface area contributed by atoms with Crippen LogP contribution in [0.25, 0.3) is 10.8 Å². The summed E-state index contributed by atoms with van der Waals surface area (Å²) in [4.78, 5) is -0.0674. The van der Waals surface area contributed by atoms with E-state index in [9.17, 15) is 8.42 Å². The first kappa shape index (κ1) is 23.7. The Balaban J connectivity index is 1.57. The Labute approximate surface area is 176 Å². The van der Waals surface area contributed by atoms with Crippen LogP contribution in [-0.4, -0.2) is 19.5 Å². The van der Waals surface area contributed by atoms with E-state index in [1.165, 1.54) is 82.8 Å². The number of unbranched alkanes of at least 4 members (excludes halogenated alkanes) is 11. The van der Waals surface area contributed by atoms with Crippen LogP contribution < -0.4 is 5.32 Å². The van der Waals surface area contributed by atoms with E-state index in [1.54, 1.807) is 6.07 Å². The normalized spacial score (nSPS) is 11.8. The highest BCUT2D eigenvalue weighted by molar-refractivity contribution is 7.85. The van der Waals surface area contributed by atoms with Gasteiger partial charge in [-0.1, -0.05) is 89.7 Å². The van der Waals surface area contributed by atoms with Crippen molar-refractivity contribution in [1.82, 2.24) is 0 Å². The Hall–Kier alpha value is -1.59. The lowest BCUT2D eigenvalue weighted by Gasteiger charge is -2.08. The second kappa shape index (κ2) is 12.9. The Morgan fingerprint density at radius 3 is 1.83 bits per heavy atom. The fourth-order valence-electron chi connectivity index (χ4n) is 3.69. The minimum absolute atomic E-state index is 0.0674. The van der Waals surface area contributed by atoms with Crippen molar-refractivity contribution in [1.29, 1.82) is 0 Å². The number of nitrogens with one attached hydrogen (secondary N) is 1. The van der Waals surface area contributed by atoms with Crippen molar-refractivity contribution < 1.29 is 13.0 Å². The van der Waals surface area contributed by atoms with Gasteiger partial charge in [0, 0.05) is 12.2 Å². The van der Waals surface area contributed by atoms with E-state index >= 15 is 0 Å². The molecule has 0 unspecified atom stereocenters. The van der Waals surface area contributed by atoms with E-state index < -0.39 is 10.1 Å². The van der Waals surface area contributed by atoms with Crippen molar-refractivity contribution in [3.05, 3.63) is 36.4 Å². The summed E-state index contributed by atoms with van der Waals surface area (Å²) in [5.41, 5.74) is 1.04. The summed E-state index contributed by atoms with van der Waals surface area (Å²) in [6.45, 7) is 3.22. The summed E-state index contributed by atoms with van der Waals surface area (Å²) >= 11 is 0. The Morgan fingerprint density at radius 2 is 1.24 bits per heavy atom. The lowest BCUT2D eigenvalue weighted by Crippen LogP contribution is -2.01. The molecule has 0 aliphatic heterocycles. The van der Waals surface area contributed by atoms with Gasteiger partial charge in [-0.3, -0.25) is 4.55 Å². The zero-order valence-electron chi connectivity index (χ0n) is 17.8. The number of hydrogen-bond donors (Lipinski definition) is 2. The molecule has 0 fully saturated rings. The number of benzene rings is 2. The predicted molar refractivity (Wildman–Crippen MR) is 123 cm³/mol. The van der Waals surface area contributed by atoms with Crippen LogP contribution in [0.15, 0.2) is 41.3 Å². The predicted octanol–water partition coefficient (Wildman–Crippen LogP) is 7.20. The minimum Gasteiger partial charge on any atom is -0.385 e. The first-order chi connectivity index (χ1) is 14.0. The van der Waals surface area contributed by atoms with Crippen molar-refractivity contribution in [3.63, 3.8) is 0 Å². The standard InChI is InChI=1S/C24H37NO3S/c1-2-3-4-5-6-7-8-9-10-11-12-13-18-25-23-16-14-22-20-24(29(26,27)28)17-15-21(22)19-23/h14-17,19-20,25H,2-13,18H2,1H3,(H,26,27,28). The van der Waals surface area contributed by atoms with Gasteiger partial charge < -0.3 is 5.32 Å².